The second-order valence-corrected chi connectivity index (χ2v) is 14.8. The number of imide groups is 1. The monoisotopic (exact) mass is 774 g/mol. The Morgan fingerprint density at radius 3 is 1.66 bits per heavy atom. The van der Waals surface area contributed by atoms with Gasteiger partial charge in [-0.2, -0.15) is 13.2 Å². The molecule has 0 N–H and O–H groups in total. The van der Waals surface area contributed by atoms with Gasteiger partial charge in [0, 0.05) is 21.9 Å². The van der Waals surface area contributed by atoms with Crippen molar-refractivity contribution in [3.05, 3.63) is 204 Å². The maximum Gasteiger partial charge on any atom is 0.416 e. The Hall–Kier alpha value is -7.51. The van der Waals surface area contributed by atoms with Crippen LogP contribution in [0.2, 0.25) is 0 Å². The highest BCUT2D eigenvalue weighted by atomic mass is 19.4. The number of carbonyl (C=O) groups is 2. The molecule has 0 aliphatic carbocycles. The lowest BCUT2D eigenvalue weighted by Crippen LogP contribution is -2.30. The minimum atomic E-state index is -4.49. The zero-order valence-corrected chi connectivity index (χ0v) is 31.7. The molecule has 4 nitrogen and oxygen atoms in total. The molecular formula is C52H33F3N2O2. The van der Waals surface area contributed by atoms with Crippen LogP contribution < -0.4 is 4.90 Å². The van der Waals surface area contributed by atoms with Gasteiger partial charge in [-0.05, 0) is 100 Å². The second kappa shape index (κ2) is 13.9. The molecule has 0 spiro atoms. The number of nitrogens with zero attached hydrogens (tertiary/aromatic N) is 2. The van der Waals surface area contributed by atoms with Crippen molar-refractivity contribution in [1.82, 2.24) is 4.57 Å². The maximum atomic E-state index is 15.3. The molecule has 59 heavy (non-hydrogen) atoms. The van der Waals surface area contributed by atoms with Crippen molar-refractivity contribution in [3.8, 4) is 50.2 Å². The molecule has 2 heterocycles. The van der Waals surface area contributed by atoms with E-state index in [4.69, 9.17) is 0 Å². The minimum Gasteiger partial charge on any atom is -0.308 e. The van der Waals surface area contributed by atoms with E-state index >= 15 is 4.79 Å². The molecule has 1 aliphatic heterocycles. The summed E-state index contributed by atoms with van der Waals surface area (Å²) < 4.78 is 43.6. The van der Waals surface area contributed by atoms with Crippen molar-refractivity contribution in [2.24, 2.45) is 0 Å². The van der Waals surface area contributed by atoms with Crippen LogP contribution in [0.25, 0.3) is 72.0 Å². The molecule has 9 aromatic rings. The van der Waals surface area contributed by atoms with Crippen LogP contribution in [0, 0.1) is 6.92 Å². The lowest BCUT2D eigenvalue weighted by atomic mass is 9.90. The molecule has 0 radical (unpaired) electrons. The van der Waals surface area contributed by atoms with E-state index in [9.17, 15) is 18.0 Å². The number of halogens is 3. The summed E-state index contributed by atoms with van der Waals surface area (Å²) in [6.45, 7) is 1.66. The van der Waals surface area contributed by atoms with E-state index in [-0.39, 0.29) is 11.1 Å². The highest BCUT2D eigenvalue weighted by Gasteiger charge is 2.42. The summed E-state index contributed by atoms with van der Waals surface area (Å²) in [6, 6.07) is 56.4. The predicted octanol–water partition coefficient (Wildman–Crippen LogP) is 13.6. The van der Waals surface area contributed by atoms with E-state index in [1.165, 1.54) is 11.0 Å². The van der Waals surface area contributed by atoms with Gasteiger partial charge in [0.2, 0.25) is 0 Å². The van der Waals surface area contributed by atoms with Crippen molar-refractivity contribution in [2.45, 2.75) is 13.1 Å². The normalized spacial score (nSPS) is 12.8. The molecule has 10 rings (SSSR count). The van der Waals surface area contributed by atoms with Gasteiger partial charge in [0.25, 0.3) is 11.8 Å². The summed E-state index contributed by atoms with van der Waals surface area (Å²) in [7, 11) is 0. The first kappa shape index (κ1) is 35.9. The molecule has 1 aliphatic rings. The van der Waals surface area contributed by atoms with Gasteiger partial charge in [-0.15, -0.1) is 0 Å². The summed E-state index contributed by atoms with van der Waals surface area (Å²) in [5.41, 5.74) is 9.08. The van der Waals surface area contributed by atoms with Crippen LogP contribution in [0.4, 0.5) is 18.9 Å². The molecule has 0 fully saturated rings. The predicted molar refractivity (Wildman–Crippen MR) is 230 cm³/mol. The number of benzene rings is 8. The van der Waals surface area contributed by atoms with E-state index in [1.807, 2.05) is 156 Å². The Labute approximate surface area is 338 Å². The zero-order chi connectivity index (χ0) is 40.4. The number of aryl methyl sites for hydroxylation is 1. The molecule has 0 atom stereocenters. The van der Waals surface area contributed by atoms with Crippen LogP contribution in [0.1, 0.15) is 31.8 Å². The number of fused-ring (bicyclic) bond motifs is 4. The molecule has 0 saturated carbocycles. The first-order chi connectivity index (χ1) is 28.7. The third-order valence-electron chi connectivity index (χ3n) is 11.2. The van der Waals surface area contributed by atoms with Crippen molar-refractivity contribution in [2.75, 3.05) is 4.90 Å². The fraction of sp³-hybridized carbons (Fsp3) is 0.0385. The fourth-order valence-corrected chi connectivity index (χ4v) is 8.53. The summed E-state index contributed by atoms with van der Waals surface area (Å²) in [5, 5.41) is 1.65. The minimum absolute atomic E-state index is 0.267. The third kappa shape index (κ3) is 6.01. The molecule has 284 valence electrons. The van der Waals surface area contributed by atoms with Crippen LogP contribution in [0.3, 0.4) is 0 Å². The number of rotatable bonds is 6. The van der Waals surface area contributed by atoms with Gasteiger partial charge in [0.05, 0.1) is 39.1 Å². The number of carbonyl (C=O) groups excluding carboxylic acids is 2. The lowest BCUT2D eigenvalue weighted by molar-refractivity contribution is -0.137. The van der Waals surface area contributed by atoms with Gasteiger partial charge in [-0.3, -0.25) is 9.59 Å². The molecule has 0 saturated heterocycles. The number of alkyl halides is 3. The van der Waals surface area contributed by atoms with Crippen LogP contribution in [0.5, 0.6) is 0 Å². The van der Waals surface area contributed by atoms with Gasteiger partial charge >= 0.3 is 6.18 Å². The van der Waals surface area contributed by atoms with E-state index in [2.05, 4.69) is 0 Å². The van der Waals surface area contributed by atoms with Crippen LogP contribution in [-0.4, -0.2) is 16.4 Å². The fourth-order valence-electron chi connectivity index (χ4n) is 8.53. The van der Waals surface area contributed by atoms with Gasteiger partial charge in [-0.1, -0.05) is 127 Å². The van der Waals surface area contributed by atoms with Crippen molar-refractivity contribution in [1.29, 1.82) is 0 Å². The number of aromatic nitrogens is 1. The molecule has 8 aromatic carbocycles. The van der Waals surface area contributed by atoms with Crippen LogP contribution in [-0.2, 0) is 6.18 Å². The second-order valence-electron chi connectivity index (χ2n) is 14.8. The smallest absolute Gasteiger partial charge is 0.308 e. The van der Waals surface area contributed by atoms with Crippen LogP contribution >= 0.6 is 0 Å². The molecule has 0 unspecified atom stereocenters. The van der Waals surface area contributed by atoms with E-state index in [1.54, 1.807) is 25.1 Å². The first-order valence-corrected chi connectivity index (χ1v) is 19.2. The number of amides is 2. The van der Waals surface area contributed by atoms with Crippen molar-refractivity contribution in [3.63, 3.8) is 0 Å². The summed E-state index contributed by atoms with van der Waals surface area (Å²) in [5.74, 6) is -0.888. The Kier molecular flexibility index (Phi) is 8.42. The number of hydrogen-bond donors (Lipinski definition) is 0. The molecule has 7 heteroatoms. The average molecular weight is 775 g/mol. The van der Waals surface area contributed by atoms with Gasteiger partial charge in [-0.25, -0.2) is 4.90 Å². The van der Waals surface area contributed by atoms with Gasteiger partial charge < -0.3 is 4.57 Å². The van der Waals surface area contributed by atoms with Crippen molar-refractivity contribution >= 4 is 39.3 Å². The quantitative estimate of drug-likeness (QED) is 0.158. The summed E-state index contributed by atoms with van der Waals surface area (Å²) in [4.78, 5) is 31.6. The Balaban J connectivity index is 1.18. The maximum absolute atomic E-state index is 15.3. The molecule has 2 amide bonds. The molecule has 1 aromatic heterocycles. The largest absolute Gasteiger partial charge is 0.416 e. The standard InChI is InChI=1S/C52H33F3N2O2/c1-32-26-37(28-39(27-32)52(53,54)55)36-24-25-46-44(29-36)40-20-11-12-22-45(40)56(46)47-23-13-21-41-48(47)51(59)57(50(41)58)49-42(34-16-7-3-8-17-34)30-38(33-14-5-2-6-15-33)31-43(49)35-18-9-4-10-19-35/h2-31H,1H3. The zero-order valence-electron chi connectivity index (χ0n) is 31.7. The highest BCUT2D eigenvalue weighted by molar-refractivity contribution is 6.37. The number of para-hydroxylation sites is 1. The summed E-state index contributed by atoms with van der Waals surface area (Å²) in [6.07, 6.45) is -4.49. The van der Waals surface area contributed by atoms with Crippen molar-refractivity contribution < 1.29 is 22.8 Å². The Morgan fingerprint density at radius 1 is 0.441 bits per heavy atom. The average Bonchev–Trinajstić information content (AvgIpc) is 3.73. The van der Waals surface area contributed by atoms with E-state index in [0.717, 1.165) is 61.3 Å². The summed E-state index contributed by atoms with van der Waals surface area (Å²) >= 11 is 0. The topological polar surface area (TPSA) is 42.3 Å². The van der Waals surface area contributed by atoms with E-state index in [0.29, 0.717) is 28.1 Å². The Morgan fingerprint density at radius 2 is 1.02 bits per heavy atom. The number of hydrogen-bond acceptors (Lipinski definition) is 2. The third-order valence-corrected chi connectivity index (χ3v) is 11.2. The SMILES string of the molecule is Cc1cc(-c2ccc3c(c2)c2ccccc2n3-c2cccc3c2C(=O)N(c2c(-c4ccccc4)cc(-c4ccccc4)cc2-c2ccccc2)C3=O)cc(C(F)(F)F)c1. The first-order valence-electron chi connectivity index (χ1n) is 19.2. The van der Waals surface area contributed by atoms with Gasteiger partial charge in [0.15, 0.2) is 0 Å². The lowest BCUT2D eigenvalue weighted by Gasteiger charge is -2.24. The Bertz CT molecular complexity index is 3070. The molecular weight excluding hydrogens is 742 g/mol. The molecule has 0 bridgehead atoms. The van der Waals surface area contributed by atoms with E-state index < -0.39 is 23.6 Å². The van der Waals surface area contributed by atoms with Gasteiger partial charge in [0.1, 0.15) is 0 Å². The van der Waals surface area contributed by atoms with Crippen LogP contribution in [0.15, 0.2) is 182 Å². The number of anilines is 1. The highest BCUT2D eigenvalue weighted by Crippen LogP contribution is 2.47.